The van der Waals surface area contributed by atoms with Crippen molar-refractivity contribution >= 4 is 28.3 Å². The molecule has 0 aliphatic carbocycles. The minimum Gasteiger partial charge on any atom is -0.378 e. The summed E-state index contributed by atoms with van der Waals surface area (Å²) in [5, 5.41) is 15.0. The monoisotopic (exact) mass is 386 g/mol. The number of carbonyl (C=O) groups is 1. The zero-order valence-electron chi connectivity index (χ0n) is 17.4. The average Bonchev–Trinajstić information content (AvgIpc) is 3.02. The third kappa shape index (κ3) is 10.3. The van der Waals surface area contributed by atoms with Crippen LogP contribution in [0.25, 0.3) is 0 Å². The van der Waals surface area contributed by atoms with E-state index in [1.807, 2.05) is 20.8 Å². The Morgan fingerprint density at radius 2 is 2.04 bits per heavy atom. The molecule has 0 spiro atoms. The largest absolute Gasteiger partial charge is 0.378 e. The van der Waals surface area contributed by atoms with Crippen molar-refractivity contribution in [2.24, 2.45) is 17.1 Å². The van der Waals surface area contributed by atoms with Crippen LogP contribution >= 0.6 is 11.8 Å². The first-order valence-corrected chi connectivity index (χ1v) is 10.8. The predicted molar refractivity (Wildman–Crippen MR) is 117 cm³/mol. The second-order valence-electron chi connectivity index (χ2n) is 7.97. The van der Waals surface area contributed by atoms with Crippen LogP contribution in [-0.2, 0) is 4.79 Å². The summed E-state index contributed by atoms with van der Waals surface area (Å²) in [6.07, 6.45) is 9.61. The number of nitrogens with two attached hydrogens (primary N) is 1. The van der Waals surface area contributed by atoms with Crippen LogP contribution < -0.4 is 5.73 Å². The minimum absolute atomic E-state index is 0. The number of likely N-dealkylation sites (tertiary alicyclic amines) is 1. The van der Waals surface area contributed by atoms with Crippen molar-refractivity contribution in [3.8, 4) is 0 Å². The lowest BCUT2D eigenvalue weighted by Crippen LogP contribution is -2.34. The smallest absolute Gasteiger partial charge is 0.157 e. The van der Waals surface area contributed by atoms with Gasteiger partial charge >= 0.3 is 0 Å². The normalized spacial score (nSPS) is 18.7. The van der Waals surface area contributed by atoms with Crippen molar-refractivity contribution in [1.82, 2.24) is 4.90 Å². The quantitative estimate of drug-likeness (QED) is 0.221. The van der Waals surface area contributed by atoms with Gasteiger partial charge in [-0.1, -0.05) is 53.9 Å². The Bertz CT molecular complexity index is 446. The van der Waals surface area contributed by atoms with Crippen LogP contribution in [0.3, 0.4) is 0 Å². The summed E-state index contributed by atoms with van der Waals surface area (Å²) >= 11 is 1.03. The molecule has 1 fully saturated rings. The highest BCUT2D eigenvalue weighted by Crippen LogP contribution is 2.27. The number of nitrogens with zero attached hydrogens (tertiary/aromatic N) is 1. The third-order valence-corrected chi connectivity index (χ3v) is 6.11. The van der Waals surface area contributed by atoms with E-state index in [1.54, 1.807) is 0 Å². The van der Waals surface area contributed by atoms with Crippen LogP contribution in [0.1, 0.15) is 81.0 Å². The summed E-state index contributed by atoms with van der Waals surface area (Å²) in [7, 11) is 0. The molecule has 154 valence electrons. The minimum atomic E-state index is -0.143. The molecule has 0 aromatic heterocycles. The molecule has 1 aliphatic rings. The summed E-state index contributed by atoms with van der Waals surface area (Å²) in [5.41, 5.74) is 5.01. The summed E-state index contributed by atoms with van der Waals surface area (Å²) in [6.45, 7) is 12.8. The van der Waals surface area contributed by atoms with Gasteiger partial charge in [0.2, 0.25) is 0 Å². The number of hydrogen-bond acceptors (Lipinski definition) is 5. The molecule has 0 bridgehead atoms. The van der Waals surface area contributed by atoms with E-state index in [4.69, 9.17) is 16.6 Å². The van der Waals surface area contributed by atoms with Gasteiger partial charge in [-0.05, 0) is 49.9 Å². The lowest BCUT2D eigenvalue weighted by atomic mass is 9.92. The molecule has 4 N–H and O–H groups in total. The molecular formula is C20H42N4OS. The summed E-state index contributed by atoms with van der Waals surface area (Å²) < 4.78 is 0. The fourth-order valence-electron chi connectivity index (χ4n) is 2.88. The predicted octanol–water partition coefficient (Wildman–Crippen LogP) is 5.14. The number of carbonyl (C=O) groups excluding carboxylic acids is 1. The van der Waals surface area contributed by atoms with Gasteiger partial charge in [-0.2, -0.15) is 0 Å². The van der Waals surface area contributed by atoms with Crippen LogP contribution in [0.15, 0.2) is 0 Å². The Hall–Kier alpha value is -0.880. The molecular weight excluding hydrogens is 344 g/mol. The van der Waals surface area contributed by atoms with Gasteiger partial charge in [0.05, 0.1) is 11.1 Å². The van der Waals surface area contributed by atoms with Crippen LogP contribution in [0.2, 0.25) is 0 Å². The molecule has 0 amide bonds. The summed E-state index contributed by atoms with van der Waals surface area (Å²) in [6, 6.07) is 0.221. The lowest BCUT2D eigenvalue weighted by molar-refractivity contribution is -0.111. The SMILES string of the molecule is CCC(C)(C)C(=N)SC(=N)N.CCCCCC(C)CN1CCCC1C=O.[HH]. The lowest BCUT2D eigenvalue weighted by Gasteiger charge is -2.23. The first kappa shape index (κ1) is 25.1. The molecule has 1 saturated heterocycles. The van der Waals surface area contributed by atoms with Gasteiger partial charge in [-0.15, -0.1) is 0 Å². The number of nitrogens with one attached hydrogen (secondary N) is 2. The number of thioether (sulfide) groups is 1. The van der Waals surface area contributed by atoms with E-state index >= 15 is 0 Å². The van der Waals surface area contributed by atoms with Gasteiger partial charge in [-0.25, -0.2) is 0 Å². The molecule has 1 rings (SSSR count). The molecule has 0 saturated carbocycles. The number of rotatable bonds is 9. The first-order chi connectivity index (χ1) is 12.2. The fourth-order valence-corrected chi connectivity index (χ4v) is 3.52. The van der Waals surface area contributed by atoms with E-state index in [1.165, 1.54) is 32.1 Å². The summed E-state index contributed by atoms with van der Waals surface area (Å²) in [4.78, 5) is 13.2. The highest BCUT2D eigenvalue weighted by atomic mass is 32.2. The maximum absolute atomic E-state index is 10.8. The zero-order chi connectivity index (χ0) is 20.2. The number of hydrogen-bond donors (Lipinski definition) is 3. The maximum atomic E-state index is 10.8. The van der Waals surface area contributed by atoms with E-state index in [-0.39, 0.29) is 18.1 Å². The Morgan fingerprint density at radius 1 is 1.38 bits per heavy atom. The van der Waals surface area contributed by atoms with Crippen LogP contribution in [-0.4, -0.2) is 40.5 Å². The van der Waals surface area contributed by atoms with E-state index in [9.17, 15) is 4.79 Å². The second-order valence-corrected chi connectivity index (χ2v) is 9.03. The van der Waals surface area contributed by atoms with E-state index in [0.717, 1.165) is 49.9 Å². The standard InChI is InChI=1S/C13H25NO.C7H15N3S.H2/c1-3-4-5-7-12(2)10-14-9-6-8-13(14)11-15;1-4-7(2,3)5(8)11-6(9)10;/h11-13H,3-10H2,1-2H3;8H,4H2,1-3H3,(H3,9,10);1H. The van der Waals surface area contributed by atoms with Crippen molar-refractivity contribution < 1.29 is 6.22 Å². The molecule has 5 nitrogen and oxygen atoms in total. The highest BCUT2D eigenvalue weighted by molar-refractivity contribution is 8.26. The van der Waals surface area contributed by atoms with Crippen LogP contribution in [0, 0.1) is 22.2 Å². The van der Waals surface area contributed by atoms with Crippen molar-refractivity contribution in [2.75, 3.05) is 13.1 Å². The molecule has 1 aliphatic heterocycles. The molecule has 2 atom stereocenters. The van der Waals surface area contributed by atoms with E-state index < -0.39 is 0 Å². The maximum Gasteiger partial charge on any atom is 0.157 e. The Labute approximate surface area is 166 Å². The number of unbranched alkanes of at least 4 members (excludes halogenated alkanes) is 2. The molecule has 6 heteroatoms. The Balaban J connectivity index is 0. The zero-order valence-corrected chi connectivity index (χ0v) is 18.3. The van der Waals surface area contributed by atoms with Gasteiger partial charge in [0.1, 0.15) is 6.29 Å². The van der Waals surface area contributed by atoms with Crippen molar-refractivity contribution in [3.63, 3.8) is 0 Å². The molecule has 0 aromatic carbocycles. The van der Waals surface area contributed by atoms with Gasteiger partial charge in [0.25, 0.3) is 0 Å². The molecule has 2 unspecified atom stereocenters. The topological polar surface area (TPSA) is 94.0 Å². The Morgan fingerprint density at radius 3 is 2.54 bits per heavy atom. The molecule has 1 heterocycles. The van der Waals surface area contributed by atoms with Gasteiger partial charge in [-0.3, -0.25) is 15.7 Å². The van der Waals surface area contributed by atoms with Gasteiger partial charge in [0.15, 0.2) is 5.17 Å². The molecule has 0 aromatic rings. The first-order valence-electron chi connectivity index (χ1n) is 9.98. The average molecular weight is 387 g/mol. The van der Waals surface area contributed by atoms with Gasteiger partial charge in [0, 0.05) is 13.4 Å². The Kier molecular flexibility index (Phi) is 12.9. The van der Waals surface area contributed by atoms with Crippen molar-refractivity contribution in [1.29, 1.82) is 10.8 Å². The summed E-state index contributed by atoms with van der Waals surface area (Å²) in [5.74, 6) is 0.747. The molecule has 0 radical (unpaired) electrons. The van der Waals surface area contributed by atoms with Crippen molar-refractivity contribution in [2.45, 2.75) is 85.6 Å². The number of amidine groups is 1. The van der Waals surface area contributed by atoms with Crippen LogP contribution in [0.5, 0.6) is 0 Å². The molecule has 26 heavy (non-hydrogen) atoms. The second kappa shape index (κ2) is 13.3. The number of aldehydes is 1. The highest BCUT2D eigenvalue weighted by Gasteiger charge is 2.24. The third-order valence-electron chi connectivity index (χ3n) is 5.13. The van der Waals surface area contributed by atoms with Crippen molar-refractivity contribution in [3.05, 3.63) is 0 Å². The van der Waals surface area contributed by atoms with E-state index in [2.05, 4.69) is 18.7 Å². The van der Waals surface area contributed by atoms with Crippen LogP contribution in [0.4, 0.5) is 0 Å². The fraction of sp³-hybridized carbons (Fsp3) is 0.850. The van der Waals surface area contributed by atoms with Gasteiger partial charge < -0.3 is 10.5 Å². The van der Waals surface area contributed by atoms with E-state index in [0.29, 0.717) is 5.04 Å².